The Balaban J connectivity index is 1.43. The number of rotatable bonds is 6. The molecular formula is C30H31N5O2. The summed E-state index contributed by atoms with van der Waals surface area (Å²) in [5.74, 6) is 0.0308. The zero-order valence-corrected chi connectivity index (χ0v) is 21.2. The van der Waals surface area contributed by atoms with Crippen molar-refractivity contribution in [3.05, 3.63) is 106 Å². The number of likely N-dealkylation sites (tertiary alicyclic amines) is 1. The summed E-state index contributed by atoms with van der Waals surface area (Å²) in [6, 6.07) is 27.0. The fourth-order valence-corrected chi connectivity index (χ4v) is 4.75. The number of benzene rings is 3. The highest BCUT2D eigenvalue weighted by molar-refractivity contribution is 5.94. The lowest BCUT2D eigenvalue weighted by atomic mass is 10.0. The van der Waals surface area contributed by atoms with E-state index < -0.39 is 0 Å². The first-order valence-corrected chi connectivity index (χ1v) is 12.6. The van der Waals surface area contributed by atoms with Gasteiger partial charge in [0.05, 0.1) is 22.6 Å². The molecule has 0 spiro atoms. The van der Waals surface area contributed by atoms with Crippen molar-refractivity contribution < 1.29 is 4.79 Å². The molecule has 1 saturated heterocycles. The number of aliphatic imine (C=N–C) groups is 1. The molecule has 7 nitrogen and oxygen atoms in total. The van der Waals surface area contributed by atoms with E-state index in [0.717, 1.165) is 37.2 Å². The summed E-state index contributed by atoms with van der Waals surface area (Å²) in [6.07, 6.45) is 3.57. The standard InChI is InChI=1S/C30H31N5O2/c1-33(2)25-17-19-34(20-18-25)29(36)23-13-15-26(16-14-23)35-30(37)27(21-31-24-11-7-4-8-12-24)28(32-35)22-9-5-3-6-10-22/h3-16,21,25,32H,17-20H2,1-2H3. The van der Waals surface area contributed by atoms with E-state index in [0.29, 0.717) is 28.6 Å². The fourth-order valence-electron chi connectivity index (χ4n) is 4.75. The molecule has 0 radical (unpaired) electrons. The normalized spacial score (nSPS) is 14.5. The van der Waals surface area contributed by atoms with Gasteiger partial charge < -0.3 is 9.80 Å². The second-order valence-electron chi connectivity index (χ2n) is 9.53. The quantitative estimate of drug-likeness (QED) is 0.394. The van der Waals surface area contributed by atoms with Crippen LogP contribution in [0.5, 0.6) is 0 Å². The van der Waals surface area contributed by atoms with Crippen LogP contribution in [0.3, 0.4) is 0 Å². The molecule has 1 aliphatic heterocycles. The number of carbonyl (C=O) groups is 1. The number of carbonyl (C=O) groups excluding carboxylic acids is 1. The van der Waals surface area contributed by atoms with Crippen molar-refractivity contribution in [2.45, 2.75) is 18.9 Å². The molecule has 2 heterocycles. The van der Waals surface area contributed by atoms with Gasteiger partial charge in [0.2, 0.25) is 0 Å². The molecule has 0 aliphatic carbocycles. The highest BCUT2D eigenvalue weighted by atomic mass is 16.2. The predicted molar refractivity (Wildman–Crippen MR) is 148 cm³/mol. The molecule has 0 bridgehead atoms. The highest BCUT2D eigenvalue weighted by Crippen LogP contribution is 2.22. The molecule has 7 heteroatoms. The Morgan fingerprint density at radius 2 is 1.54 bits per heavy atom. The van der Waals surface area contributed by atoms with E-state index in [9.17, 15) is 9.59 Å². The molecule has 1 fully saturated rings. The van der Waals surface area contributed by atoms with Crippen LogP contribution in [-0.2, 0) is 0 Å². The average molecular weight is 494 g/mol. The van der Waals surface area contributed by atoms with Crippen molar-refractivity contribution in [2.24, 2.45) is 4.99 Å². The SMILES string of the molecule is CN(C)C1CCN(C(=O)c2ccc(-n3[nH]c(-c4ccccc4)c(C=Nc4ccccc4)c3=O)cc2)CC1. The van der Waals surface area contributed by atoms with Crippen LogP contribution >= 0.6 is 0 Å². The summed E-state index contributed by atoms with van der Waals surface area (Å²) in [7, 11) is 4.18. The number of hydrogen-bond acceptors (Lipinski definition) is 4. The Hall–Kier alpha value is -4.23. The van der Waals surface area contributed by atoms with Gasteiger partial charge in [0.15, 0.2) is 0 Å². The Kier molecular flexibility index (Phi) is 7.14. The van der Waals surface area contributed by atoms with Crippen LogP contribution in [0.4, 0.5) is 5.69 Å². The number of piperidine rings is 1. The molecule has 3 aromatic carbocycles. The van der Waals surface area contributed by atoms with Crippen molar-refractivity contribution >= 4 is 17.8 Å². The van der Waals surface area contributed by atoms with Gasteiger partial charge in [-0.3, -0.25) is 19.7 Å². The number of nitrogens with zero attached hydrogens (tertiary/aromatic N) is 4. The maximum Gasteiger partial charge on any atom is 0.280 e. The number of aromatic nitrogens is 2. The zero-order valence-electron chi connectivity index (χ0n) is 21.2. The zero-order chi connectivity index (χ0) is 25.8. The molecular weight excluding hydrogens is 462 g/mol. The molecule has 188 valence electrons. The molecule has 0 atom stereocenters. The topological polar surface area (TPSA) is 73.7 Å². The Labute approximate surface area is 216 Å². The minimum Gasteiger partial charge on any atom is -0.339 e. The first-order chi connectivity index (χ1) is 18.0. The molecule has 1 N–H and O–H groups in total. The lowest BCUT2D eigenvalue weighted by Crippen LogP contribution is -2.44. The van der Waals surface area contributed by atoms with Gasteiger partial charge in [-0.15, -0.1) is 0 Å². The molecule has 0 unspecified atom stereocenters. The second kappa shape index (κ2) is 10.8. The van der Waals surface area contributed by atoms with Crippen LogP contribution in [0.15, 0.2) is 94.7 Å². The van der Waals surface area contributed by atoms with Gasteiger partial charge in [0, 0.05) is 36.5 Å². The summed E-state index contributed by atoms with van der Waals surface area (Å²) in [5, 5.41) is 3.26. The van der Waals surface area contributed by atoms with Crippen LogP contribution in [0, 0.1) is 0 Å². The number of H-pyrrole nitrogens is 1. The minimum atomic E-state index is -0.205. The average Bonchev–Trinajstić information content (AvgIpc) is 3.28. The maximum atomic E-state index is 13.5. The van der Waals surface area contributed by atoms with E-state index in [2.05, 4.69) is 29.1 Å². The van der Waals surface area contributed by atoms with Gasteiger partial charge in [0.1, 0.15) is 0 Å². The predicted octanol–water partition coefficient (Wildman–Crippen LogP) is 4.75. The Morgan fingerprint density at radius 3 is 2.16 bits per heavy atom. The van der Waals surface area contributed by atoms with E-state index in [4.69, 9.17) is 0 Å². The van der Waals surface area contributed by atoms with Crippen molar-refractivity contribution in [2.75, 3.05) is 27.2 Å². The number of para-hydroxylation sites is 1. The second-order valence-corrected chi connectivity index (χ2v) is 9.53. The third-order valence-electron chi connectivity index (χ3n) is 6.94. The van der Waals surface area contributed by atoms with Crippen molar-refractivity contribution in [1.29, 1.82) is 0 Å². The van der Waals surface area contributed by atoms with E-state index >= 15 is 0 Å². The summed E-state index contributed by atoms with van der Waals surface area (Å²) >= 11 is 0. The van der Waals surface area contributed by atoms with Crippen LogP contribution in [0.1, 0.15) is 28.8 Å². The number of nitrogens with one attached hydrogen (secondary N) is 1. The molecule has 1 amide bonds. The van der Waals surface area contributed by atoms with Crippen LogP contribution < -0.4 is 5.56 Å². The number of hydrogen-bond donors (Lipinski definition) is 1. The largest absolute Gasteiger partial charge is 0.339 e. The van der Waals surface area contributed by atoms with Gasteiger partial charge >= 0.3 is 0 Å². The molecule has 37 heavy (non-hydrogen) atoms. The van der Waals surface area contributed by atoms with Gasteiger partial charge in [-0.1, -0.05) is 48.5 Å². The third-order valence-corrected chi connectivity index (χ3v) is 6.94. The summed E-state index contributed by atoms with van der Waals surface area (Å²) in [6.45, 7) is 1.51. The Morgan fingerprint density at radius 1 is 0.919 bits per heavy atom. The number of amides is 1. The van der Waals surface area contributed by atoms with E-state index in [1.807, 2.05) is 77.7 Å². The smallest absolute Gasteiger partial charge is 0.280 e. The van der Waals surface area contributed by atoms with E-state index in [-0.39, 0.29) is 11.5 Å². The van der Waals surface area contributed by atoms with Crippen molar-refractivity contribution in [3.63, 3.8) is 0 Å². The number of aromatic amines is 1. The Bertz CT molecular complexity index is 1430. The van der Waals surface area contributed by atoms with Gasteiger partial charge in [-0.2, -0.15) is 0 Å². The van der Waals surface area contributed by atoms with E-state index in [1.165, 1.54) is 4.68 Å². The van der Waals surface area contributed by atoms with Crippen LogP contribution in [-0.4, -0.2) is 64.9 Å². The summed E-state index contributed by atoms with van der Waals surface area (Å²) in [4.78, 5) is 35.2. The van der Waals surface area contributed by atoms with Crippen LogP contribution in [0.2, 0.25) is 0 Å². The first kappa shape index (κ1) is 24.5. The van der Waals surface area contributed by atoms with Crippen molar-refractivity contribution in [1.82, 2.24) is 19.6 Å². The van der Waals surface area contributed by atoms with Gasteiger partial charge in [0.25, 0.3) is 11.5 Å². The van der Waals surface area contributed by atoms with Crippen LogP contribution in [0.25, 0.3) is 16.9 Å². The molecule has 0 saturated carbocycles. The summed E-state index contributed by atoms with van der Waals surface area (Å²) < 4.78 is 1.51. The highest BCUT2D eigenvalue weighted by Gasteiger charge is 2.24. The fraction of sp³-hybridized carbons (Fsp3) is 0.233. The van der Waals surface area contributed by atoms with Crippen molar-refractivity contribution in [3.8, 4) is 16.9 Å². The monoisotopic (exact) mass is 493 g/mol. The summed E-state index contributed by atoms with van der Waals surface area (Å²) in [5.41, 5.74) is 3.90. The molecule has 4 aromatic rings. The van der Waals surface area contributed by atoms with E-state index in [1.54, 1.807) is 18.3 Å². The lowest BCUT2D eigenvalue weighted by Gasteiger charge is -2.35. The molecule has 5 rings (SSSR count). The maximum absolute atomic E-state index is 13.5. The first-order valence-electron chi connectivity index (χ1n) is 12.6. The van der Waals surface area contributed by atoms with Gasteiger partial charge in [-0.05, 0) is 63.3 Å². The molecule has 1 aliphatic rings. The minimum absolute atomic E-state index is 0.0308. The third kappa shape index (κ3) is 5.32. The molecule has 1 aromatic heterocycles. The lowest BCUT2D eigenvalue weighted by molar-refractivity contribution is 0.0663. The van der Waals surface area contributed by atoms with Gasteiger partial charge in [-0.25, -0.2) is 4.68 Å².